The molecule has 110 valence electrons. The number of aromatic nitrogens is 1. The molecule has 1 fully saturated rings. The average Bonchev–Trinajstić information content (AvgIpc) is 3.24. The van der Waals surface area contributed by atoms with Gasteiger partial charge in [-0.25, -0.2) is 4.98 Å². The molecule has 5 nitrogen and oxygen atoms in total. The summed E-state index contributed by atoms with van der Waals surface area (Å²) in [6, 6.07) is 2.18. The van der Waals surface area contributed by atoms with Crippen LogP contribution in [-0.4, -0.2) is 28.6 Å². The molecule has 0 spiro atoms. The highest BCUT2D eigenvalue weighted by molar-refractivity contribution is 6.36. The van der Waals surface area contributed by atoms with Crippen molar-refractivity contribution in [1.29, 1.82) is 0 Å². The lowest BCUT2D eigenvalue weighted by molar-refractivity contribution is 0.318. The van der Waals surface area contributed by atoms with Crippen LogP contribution in [0.1, 0.15) is 38.7 Å². The SMILES string of the molecule is CC(C)CCN(c1nccc(/C(N)=N/O)c1Cl)C1CC1. The van der Waals surface area contributed by atoms with E-state index < -0.39 is 0 Å². The average molecular weight is 297 g/mol. The van der Waals surface area contributed by atoms with Gasteiger partial charge in [0, 0.05) is 24.3 Å². The van der Waals surface area contributed by atoms with Crippen LogP contribution in [0.5, 0.6) is 0 Å². The second-order valence-electron chi connectivity index (χ2n) is 5.59. The number of amidine groups is 1. The molecule has 1 aliphatic carbocycles. The Labute approximate surface area is 124 Å². The molecule has 1 aromatic rings. The number of pyridine rings is 1. The third-order valence-corrected chi connectivity index (χ3v) is 3.83. The van der Waals surface area contributed by atoms with Crippen LogP contribution in [0.15, 0.2) is 17.4 Å². The van der Waals surface area contributed by atoms with Gasteiger partial charge in [-0.3, -0.25) is 0 Å². The van der Waals surface area contributed by atoms with Gasteiger partial charge in [-0.2, -0.15) is 0 Å². The van der Waals surface area contributed by atoms with Crippen molar-refractivity contribution in [2.75, 3.05) is 11.4 Å². The zero-order chi connectivity index (χ0) is 14.7. The van der Waals surface area contributed by atoms with Crippen molar-refractivity contribution in [3.63, 3.8) is 0 Å². The fourth-order valence-electron chi connectivity index (χ4n) is 2.13. The van der Waals surface area contributed by atoms with Crippen LogP contribution in [0.25, 0.3) is 0 Å². The van der Waals surface area contributed by atoms with E-state index in [0.29, 0.717) is 22.5 Å². The maximum Gasteiger partial charge on any atom is 0.171 e. The van der Waals surface area contributed by atoms with Crippen molar-refractivity contribution in [3.8, 4) is 0 Å². The van der Waals surface area contributed by atoms with Crippen molar-refractivity contribution in [1.82, 2.24) is 4.98 Å². The standard InChI is InChI=1S/C14H21ClN4O/c1-9(2)6-8-19(10-3-4-10)14-12(15)11(5-7-17-14)13(16)18-20/h5,7,9-10,20H,3-4,6,8H2,1-2H3,(H2,16,18). The normalized spacial score (nSPS) is 15.7. The first-order chi connectivity index (χ1) is 9.54. The third kappa shape index (κ3) is 3.33. The van der Waals surface area contributed by atoms with Crippen molar-refractivity contribution in [2.24, 2.45) is 16.8 Å². The van der Waals surface area contributed by atoms with E-state index in [-0.39, 0.29) is 5.84 Å². The van der Waals surface area contributed by atoms with Crippen LogP contribution in [0.4, 0.5) is 5.82 Å². The highest BCUT2D eigenvalue weighted by Gasteiger charge is 2.31. The summed E-state index contributed by atoms with van der Waals surface area (Å²) in [5.41, 5.74) is 6.17. The molecule has 20 heavy (non-hydrogen) atoms. The lowest BCUT2D eigenvalue weighted by atomic mass is 10.1. The minimum atomic E-state index is 0.0123. The number of hydrogen-bond donors (Lipinski definition) is 2. The minimum Gasteiger partial charge on any atom is -0.409 e. The number of nitrogens with zero attached hydrogens (tertiary/aromatic N) is 3. The smallest absolute Gasteiger partial charge is 0.171 e. The van der Waals surface area contributed by atoms with Crippen molar-refractivity contribution < 1.29 is 5.21 Å². The fourth-order valence-corrected chi connectivity index (χ4v) is 2.45. The summed E-state index contributed by atoms with van der Waals surface area (Å²) < 4.78 is 0. The van der Waals surface area contributed by atoms with Gasteiger partial charge in [0.05, 0.1) is 5.02 Å². The first-order valence-electron chi connectivity index (χ1n) is 6.93. The van der Waals surface area contributed by atoms with Gasteiger partial charge < -0.3 is 15.8 Å². The van der Waals surface area contributed by atoms with Gasteiger partial charge in [-0.15, -0.1) is 0 Å². The molecule has 0 radical (unpaired) electrons. The highest BCUT2D eigenvalue weighted by atomic mass is 35.5. The molecule has 3 N–H and O–H groups in total. The molecule has 1 aromatic heterocycles. The quantitative estimate of drug-likeness (QED) is 0.366. The Bertz CT molecular complexity index is 500. The first-order valence-corrected chi connectivity index (χ1v) is 7.31. The molecule has 2 rings (SSSR count). The van der Waals surface area contributed by atoms with E-state index in [4.69, 9.17) is 22.5 Å². The summed E-state index contributed by atoms with van der Waals surface area (Å²) in [4.78, 5) is 6.64. The molecule has 0 bridgehead atoms. The van der Waals surface area contributed by atoms with E-state index >= 15 is 0 Å². The summed E-state index contributed by atoms with van der Waals surface area (Å²) in [5, 5.41) is 12.3. The Morgan fingerprint density at radius 3 is 2.85 bits per heavy atom. The number of hydrogen-bond acceptors (Lipinski definition) is 4. The molecule has 1 saturated carbocycles. The molecule has 0 saturated heterocycles. The van der Waals surface area contributed by atoms with E-state index in [1.807, 2.05) is 0 Å². The monoisotopic (exact) mass is 296 g/mol. The highest BCUT2D eigenvalue weighted by Crippen LogP contribution is 2.36. The van der Waals surface area contributed by atoms with Gasteiger partial charge in [0.15, 0.2) is 5.84 Å². The van der Waals surface area contributed by atoms with E-state index in [0.717, 1.165) is 18.8 Å². The first kappa shape index (κ1) is 14.9. The second-order valence-corrected chi connectivity index (χ2v) is 5.97. The van der Waals surface area contributed by atoms with Gasteiger partial charge in [0.2, 0.25) is 0 Å². The minimum absolute atomic E-state index is 0.0123. The number of halogens is 1. The van der Waals surface area contributed by atoms with Gasteiger partial charge in [0.25, 0.3) is 0 Å². The topological polar surface area (TPSA) is 74.7 Å². The predicted octanol–water partition coefficient (Wildman–Crippen LogP) is 2.84. The zero-order valence-corrected chi connectivity index (χ0v) is 12.6. The molecule has 0 amide bonds. The Hall–Kier alpha value is -1.49. The molecule has 0 unspecified atom stereocenters. The molecule has 0 aliphatic heterocycles. The van der Waals surface area contributed by atoms with Crippen molar-refractivity contribution in [3.05, 3.63) is 22.8 Å². The molecular weight excluding hydrogens is 276 g/mol. The van der Waals surface area contributed by atoms with E-state index in [2.05, 4.69) is 28.9 Å². The van der Waals surface area contributed by atoms with E-state index in [1.165, 1.54) is 12.8 Å². The summed E-state index contributed by atoms with van der Waals surface area (Å²) in [7, 11) is 0. The number of rotatable bonds is 6. The van der Waals surface area contributed by atoms with Crippen LogP contribution >= 0.6 is 11.6 Å². The summed E-state index contributed by atoms with van der Waals surface area (Å²) in [6.45, 7) is 5.33. The number of anilines is 1. The van der Waals surface area contributed by atoms with Gasteiger partial charge in [-0.05, 0) is 31.2 Å². The van der Waals surface area contributed by atoms with E-state index in [9.17, 15) is 0 Å². The van der Waals surface area contributed by atoms with Crippen LogP contribution in [0.2, 0.25) is 5.02 Å². The van der Waals surface area contributed by atoms with Crippen LogP contribution < -0.4 is 10.6 Å². The van der Waals surface area contributed by atoms with Crippen molar-refractivity contribution >= 4 is 23.3 Å². The van der Waals surface area contributed by atoms with Gasteiger partial charge >= 0.3 is 0 Å². The van der Waals surface area contributed by atoms with Crippen LogP contribution in [0, 0.1) is 5.92 Å². The molecule has 1 heterocycles. The Kier molecular flexibility index (Phi) is 4.70. The maximum absolute atomic E-state index is 8.81. The fraction of sp³-hybridized carbons (Fsp3) is 0.571. The van der Waals surface area contributed by atoms with Crippen LogP contribution in [0.3, 0.4) is 0 Å². The largest absolute Gasteiger partial charge is 0.409 e. The second kappa shape index (κ2) is 6.31. The van der Waals surface area contributed by atoms with Gasteiger partial charge in [0.1, 0.15) is 5.82 Å². The van der Waals surface area contributed by atoms with Gasteiger partial charge in [-0.1, -0.05) is 30.6 Å². The summed E-state index contributed by atoms with van der Waals surface area (Å²) >= 11 is 6.39. The Morgan fingerprint density at radius 2 is 2.30 bits per heavy atom. The lowest BCUT2D eigenvalue weighted by Crippen LogP contribution is -2.29. The third-order valence-electron chi connectivity index (χ3n) is 3.46. The van der Waals surface area contributed by atoms with Crippen molar-refractivity contribution in [2.45, 2.75) is 39.2 Å². The Morgan fingerprint density at radius 1 is 1.60 bits per heavy atom. The molecule has 0 atom stereocenters. The maximum atomic E-state index is 8.81. The molecule has 1 aliphatic rings. The zero-order valence-electron chi connectivity index (χ0n) is 11.9. The Balaban J connectivity index is 2.29. The van der Waals surface area contributed by atoms with E-state index in [1.54, 1.807) is 12.3 Å². The molecular formula is C14H21ClN4O. The van der Waals surface area contributed by atoms with Crippen LogP contribution in [-0.2, 0) is 0 Å². The molecule has 0 aromatic carbocycles. The predicted molar refractivity (Wildman–Crippen MR) is 81.6 cm³/mol. The summed E-state index contributed by atoms with van der Waals surface area (Å²) in [6.07, 6.45) is 5.08. The molecule has 6 heteroatoms. The number of oxime groups is 1. The lowest BCUT2D eigenvalue weighted by Gasteiger charge is -2.26. The summed E-state index contributed by atoms with van der Waals surface area (Å²) in [5.74, 6) is 1.37. The number of nitrogens with two attached hydrogens (primary N) is 1.